The molecule has 0 aliphatic carbocycles. The maximum absolute atomic E-state index is 9.62. The van der Waals surface area contributed by atoms with Crippen LogP contribution in [0.1, 0.15) is 25.5 Å². The van der Waals surface area contributed by atoms with Gasteiger partial charge in [0.1, 0.15) is 11.6 Å². The Morgan fingerprint density at radius 1 is 1.25 bits per heavy atom. The average molecular weight is 392 g/mol. The predicted molar refractivity (Wildman–Crippen MR) is 110 cm³/mol. The Morgan fingerprint density at radius 2 is 2.04 bits per heavy atom. The summed E-state index contributed by atoms with van der Waals surface area (Å²) in [6.07, 6.45) is 7.08. The standard InChI is InChI=1S/C19H20N8S/c1-13-12-28-17(24-13)15(11-20)16-3-8-23-19(26-16)27-9-4-14(5-10-27)25-18-21-6-2-7-22-18/h2-3,6-8,12,14,24H,4-5,9-10H2,1H3,(H,21,22,25). The molecule has 0 bridgehead atoms. The van der Waals surface area contributed by atoms with Crippen LogP contribution < -0.4 is 15.5 Å². The van der Waals surface area contributed by atoms with Crippen molar-refractivity contribution in [1.29, 1.82) is 5.26 Å². The van der Waals surface area contributed by atoms with Gasteiger partial charge < -0.3 is 15.5 Å². The third kappa shape index (κ3) is 4.07. The molecule has 0 radical (unpaired) electrons. The van der Waals surface area contributed by atoms with Crippen LogP contribution in [-0.4, -0.2) is 39.1 Å². The number of hydrogen-bond acceptors (Lipinski definition) is 9. The summed E-state index contributed by atoms with van der Waals surface area (Å²) in [5.74, 6) is 1.32. The van der Waals surface area contributed by atoms with Gasteiger partial charge >= 0.3 is 0 Å². The quantitative estimate of drug-likeness (QED) is 0.760. The molecule has 0 atom stereocenters. The highest BCUT2D eigenvalue weighted by Gasteiger charge is 2.22. The van der Waals surface area contributed by atoms with E-state index in [2.05, 4.69) is 41.5 Å². The molecular formula is C19H20N8S. The van der Waals surface area contributed by atoms with Gasteiger partial charge in [-0.3, -0.25) is 0 Å². The van der Waals surface area contributed by atoms with Gasteiger partial charge in [0.25, 0.3) is 0 Å². The van der Waals surface area contributed by atoms with Crippen LogP contribution in [0.15, 0.2) is 46.9 Å². The van der Waals surface area contributed by atoms with E-state index >= 15 is 0 Å². The number of nitrogens with zero attached hydrogens (tertiary/aromatic N) is 6. The van der Waals surface area contributed by atoms with Gasteiger partial charge in [0, 0.05) is 43.4 Å². The second-order valence-corrected chi connectivity index (χ2v) is 7.46. The summed E-state index contributed by atoms with van der Waals surface area (Å²) < 4.78 is 0. The first-order valence-corrected chi connectivity index (χ1v) is 9.97. The Morgan fingerprint density at radius 3 is 2.71 bits per heavy atom. The van der Waals surface area contributed by atoms with Crippen LogP contribution in [0.4, 0.5) is 11.9 Å². The van der Waals surface area contributed by atoms with Crippen LogP contribution in [0, 0.1) is 11.3 Å². The minimum absolute atomic E-state index is 0.326. The number of aromatic nitrogens is 4. The smallest absolute Gasteiger partial charge is 0.225 e. The lowest BCUT2D eigenvalue weighted by molar-refractivity contribution is 0.517. The molecule has 0 spiro atoms. The van der Waals surface area contributed by atoms with Crippen molar-refractivity contribution in [3.05, 3.63) is 52.6 Å². The minimum atomic E-state index is 0.326. The highest BCUT2D eigenvalue weighted by Crippen LogP contribution is 2.31. The zero-order chi connectivity index (χ0) is 19.3. The number of anilines is 2. The molecule has 0 amide bonds. The van der Waals surface area contributed by atoms with Crippen molar-refractivity contribution in [1.82, 2.24) is 25.3 Å². The Labute approximate surface area is 167 Å². The first-order chi connectivity index (χ1) is 13.7. The lowest BCUT2D eigenvalue weighted by atomic mass is 10.1. The molecule has 2 aromatic rings. The summed E-state index contributed by atoms with van der Waals surface area (Å²) in [5.41, 5.74) is 2.21. The maximum Gasteiger partial charge on any atom is 0.225 e. The summed E-state index contributed by atoms with van der Waals surface area (Å²) in [5, 5.41) is 19.0. The molecule has 2 aliphatic rings. The van der Waals surface area contributed by atoms with Crippen molar-refractivity contribution < 1.29 is 0 Å². The minimum Gasteiger partial charge on any atom is -0.352 e. The molecule has 8 nitrogen and oxygen atoms in total. The summed E-state index contributed by atoms with van der Waals surface area (Å²) >= 11 is 1.51. The Kier molecular flexibility index (Phi) is 5.39. The van der Waals surface area contributed by atoms with Crippen LogP contribution >= 0.6 is 11.8 Å². The van der Waals surface area contributed by atoms with Crippen molar-refractivity contribution in [2.45, 2.75) is 25.8 Å². The summed E-state index contributed by atoms with van der Waals surface area (Å²) in [6, 6.07) is 6.19. The van der Waals surface area contributed by atoms with E-state index in [1.165, 1.54) is 11.8 Å². The van der Waals surface area contributed by atoms with E-state index in [9.17, 15) is 5.26 Å². The van der Waals surface area contributed by atoms with Crippen LogP contribution in [0.3, 0.4) is 0 Å². The topological polar surface area (TPSA) is 103 Å². The monoisotopic (exact) mass is 392 g/mol. The third-order valence-corrected chi connectivity index (χ3v) is 5.59. The lowest BCUT2D eigenvalue weighted by Gasteiger charge is -2.32. The molecule has 1 saturated heterocycles. The molecule has 142 valence electrons. The Balaban J connectivity index is 1.44. The normalized spacial score (nSPS) is 18.9. The fourth-order valence-corrected chi connectivity index (χ4v) is 3.99. The molecule has 4 heterocycles. The first-order valence-electron chi connectivity index (χ1n) is 9.09. The van der Waals surface area contributed by atoms with Gasteiger partial charge in [-0.15, -0.1) is 0 Å². The van der Waals surface area contributed by atoms with E-state index in [-0.39, 0.29) is 0 Å². The SMILES string of the molecule is CC1=CSC(=C(C#N)c2ccnc(N3CCC(Nc4ncccn4)CC3)n2)N1. The molecule has 2 N–H and O–H groups in total. The molecular weight excluding hydrogens is 372 g/mol. The summed E-state index contributed by atoms with van der Waals surface area (Å²) in [7, 11) is 0. The molecule has 4 rings (SSSR count). The first kappa shape index (κ1) is 18.3. The van der Waals surface area contributed by atoms with Crippen LogP contribution in [0.5, 0.6) is 0 Å². The van der Waals surface area contributed by atoms with Gasteiger partial charge in [0.05, 0.1) is 10.7 Å². The molecule has 2 aromatic heterocycles. The molecule has 28 heavy (non-hydrogen) atoms. The second-order valence-electron chi connectivity index (χ2n) is 6.58. The van der Waals surface area contributed by atoms with Gasteiger partial charge in [-0.2, -0.15) is 5.26 Å². The Bertz CT molecular complexity index is 942. The number of hydrogen-bond donors (Lipinski definition) is 2. The van der Waals surface area contributed by atoms with Gasteiger partial charge in [-0.1, -0.05) is 11.8 Å². The van der Waals surface area contributed by atoms with E-state index in [1.54, 1.807) is 30.7 Å². The molecule has 0 unspecified atom stereocenters. The third-order valence-electron chi connectivity index (χ3n) is 4.58. The largest absolute Gasteiger partial charge is 0.352 e. The fourth-order valence-electron chi connectivity index (χ4n) is 3.15. The van der Waals surface area contributed by atoms with E-state index < -0.39 is 0 Å². The predicted octanol–water partition coefficient (Wildman–Crippen LogP) is 2.74. The number of rotatable bonds is 4. The zero-order valence-electron chi connectivity index (χ0n) is 15.5. The van der Waals surface area contributed by atoms with E-state index in [1.807, 2.05) is 12.3 Å². The fraction of sp³-hybridized carbons (Fsp3) is 0.316. The summed E-state index contributed by atoms with van der Waals surface area (Å²) in [4.78, 5) is 19.7. The number of thioether (sulfide) groups is 1. The van der Waals surface area contributed by atoms with Gasteiger partial charge in [0.2, 0.25) is 11.9 Å². The number of nitrogens with one attached hydrogen (secondary N) is 2. The molecule has 0 aromatic carbocycles. The van der Waals surface area contributed by atoms with Gasteiger partial charge in [0.15, 0.2) is 0 Å². The van der Waals surface area contributed by atoms with Crippen molar-refractivity contribution in [3.8, 4) is 6.07 Å². The highest BCUT2D eigenvalue weighted by molar-refractivity contribution is 8.06. The van der Waals surface area contributed by atoms with Crippen LogP contribution in [0.25, 0.3) is 5.57 Å². The average Bonchev–Trinajstić information content (AvgIpc) is 3.16. The van der Waals surface area contributed by atoms with Crippen molar-refractivity contribution in [2.75, 3.05) is 23.3 Å². The van der Waals surface area contributed by atoms with E-state index in [0.29, 0.717) is 29.2 Å². The van der Waals surface area contributed by atoms with E-state index in [4.69, 9.17) is 0 Å². The zero-order valence-corrected chi connectivity index (χ0v) is 16.3. The number of allylic oxidation sites excluding steroid dienone is 2. The molecule has 2 aliphatic heterocycles. The van der Waals surface area contributed by atoms with E-state index in [0.717, 1.165) is 36.7 Å². The van der Waals surface area contributed by atoms with Crippen LogP contribution in [-0.2, 0) is 0 Å². The molecule has 0 saturated carbocycles. The van der Waals surface area contributed by atoms with Crippen molar-refractivity contribution in [3.63, 3.8) is 0 Å². The Hall–Kier alpha value is -3.12. The van der Waals surface area contributed by atoms with Gasteiger partial charge in [-0.05, 0) is 37.3 Å². The van der Waals surface area contributed by atoms with Crippen molar-refractivity contribution in [2.24, 2.45) is 0 Å². The maximum atomic E-state index is 9.62. The highest BCUT2D eigenvalue weighted by atomic mass is 32.2. The summed E-state index contributed by atoms with van der Waals surface area (Å²) in [6.45, 7) is 3.64. The lowest BCUT2D eigenvalue weighted by Crippen LogP contribution is -2.40. The number of nitriles is 1. The van der Waals surface area contributed by atoms with Crippen molar-refractivity contribution >= 4 is 29.2 Å². The molecule has 9 heteroatoms. The number of piperidine rings is 1. The van der Waals surface area contributed by atoms with Gasteiger partial charge in [-0.25, -0.2) is 19.9 Å². The van der Waals surface area contributed by atoms with Crippen LogP contribution in [0.2, 0.25) is 0 Å². The second kappa shape index (κ2) is 8.27. The molecule has 1 fully saturated rings.